The Kier molecular flexibility index (Phi) is 5.83. The predicted molar refractivity (Wildman–Crippen MR) is 122 cm³/mol. The van der Waals surface area contributed by atoms with E-state index in [0.29, 0.717) is 38.2 Å². The van der Waals surface area contributed by atoms with Crippen LogP contribution in [-0.2, 0) is 4.74 Å². The van der Waals surface area contributed by atoms with Crippen LogP contribution < -0.4 is 15.5 Å². The number of benzene rings is 2. The van der Waals surface area contributed by atoms with Gasteiger partial charge in [-0.15, -0.1) is 0 Å². The van der Waals surface area contributed by atoms with Gasteiger partial charge in [0.2, 0.25) is 5.13 Å². The summed E-state index contributed by atoms with van der Waals surface area (Å²) in [6.45, 7) is 3.72. The second-order valence-electron chi connectivity index (χ2n) is 7.03. The van der Waals surface area contributed by atoms with Crippen LogP contribution in [0.1, 0.15) is 20.9 Å². The van der Waals surface area contributed by atoms with E-state index < -0.39 is 5.97 Å². The van der Waals surface area contributed by atoms with E-state index in [4.69, 9.17) is 13.9 Å². The number of phenolic OH excluding ortho intramolecular Hbond substituents is 1. The van der Waals surface area contributed by atoms with Crippen LogP contribution in [0.2, 0.25) is 0 Å². The standard InChI is InChI=1S/C23H21N3O5S/c1-12-5-7-15-16(25-26-23-24-13(2)21(32-23)22(28)30-4)11-18(31-19(15)9-12)14-6-8-17(27)20(10-14)29-3/h5-11,27H,1-4H3,(H,24,26)/b25-16+. The van der Waals surface area contributed by atoms with Gasteiger partial charge in [-0.1, -0.05) is 17.4 Å². The monoisotopic (exact) mass is 451 g/mol. The van der Waals surface area contributed by atoms with E-state index >= 15 is 0 Å². The van der Waals surface area contributed by atoms with Gasteiger partial charge in [-0.3, -0.25) is 5.43 Å². The van der Waals surface area contributed by atoms with Crippen molar-refractivity contribution in [2.75, 3.05) is 19.6 Å². The number of aryl methyl sites for hydroxylation is 2. The lowest BCUT2D eigenvalue weighted by Gasteiger charge is -2.08. The Morgan fingerprint density at radius 3 is 2.72 bits per heavy atom. The molecule has 0 radical (unpaired) electrons. The number of phenols is 1. The maximum absolute atomic E-state index is 11.9. The fraction of sp³-hybridized carbons (Fsp3) is 0.174. The molecule has 0 bridgehead atoms. The average Bonchev–Trinajstić information content (AvgIpc) is 3.17. The Labute approximate surface area is 187 Å². The summed E-state index contributed by atoms with van der Waals surface area (Å²) in [5, 5.41) is 16.3. The van der Waals surface area contributed by atoms with Gasteiger partial charge in [-0.2, -0.15) is 5.10 Å². The maximum Gasteiger partial charge on any atom is 0.350 e. The number of ether oxygens (including phenoxy) is 2. The number of aromatic hydroxyl groups is 1. The fourth-order valence-corrected chi connectivity index (χ4v) is 4.00. The fourth-order valence-electron chi connectivity index (χ4n) is 3.18. The van der Waals surface area contributed by atoms with Crippen LogP contribution in [-0.4, -0.2) is 30.3 Å². The first kappa shape index (κ1) is 21.4. The van der Waals surface area contributed by atoms with Gasteiger partial charge in [0.25, 0.3) is 0 Å². The number of methoxy groups -OCH3 is 2. The third kappa shape index (κ3) is 4.15. The molecule has 2 N–H and O–H groups in total. The summed E-state index contributed by atoms with van der Waals surface area (Å²) in [7, 11) is 2.82. The molecule has 0 spiro atoms. The molecular weight excluding hydrogens is 430 g/mol. The van der Waals surface area contributed by atoms with Crippen molar-refractivity contribution in [2.24, 2.45) is 5.10 Å². The van der Waals surface area contributed by atoms with Gasteiger partial charge < -0.3 is 19.0 Å². The van der Waals surface area contributed by atoms with Crippen LogP contribution in [0, 0.1) is 13.8 Å². The lowest BCUT2D eigenvalue weighted by atomic mass is 10.1. The second kappa shape index (κ2) is 8.72. The number of anilines is 1. The number of nitrogens with one attached hydrogen (secondary N) is 1. The van der Waals surface area contributed by atoms with Crippen LogP contribution in [0.15, 0.2) is 52.0 Å². The van der Waals surface area contributed by atoms with Crippen molar-refractivity contribution in [3.8, 4) is 22.8 Å². The van der Waals surface area contributed by atoms with Crippen LogP contribution in [0.25, 0.3) is 22.3 Å². The number of aromatic nitrogens is 1. The normalized spacial score (nSPS) is 11.6. The minimum Gasteiger partial charge on any atom is -0.504 e. The molecule has 0 saturated carbocycles. The van der Waals surface area contributed by atoms with Gasteiger partial charge >= 0.3 is 5.97 Å². The lowest BCUT2D eigenvalue weighted by Crippen LogP contribution is -2.07. The largest absolute Gasteiger partial charge is 0.504 e. The number of rotatable bonds is 5. The smallest absolute Gasteiger partial charge is 0.350 e. The van der Waals surface area contributed by atoms with E-state index in [9.17, 15) is 9.90 Å². The molecule has 2 aromatic carbocycles. The van der Waals surface area contributed by atoms with Gasteiger partial charge in [0.1, 0.15) is 16.2 Å². The maximum atomic E-state index is 11.9. The highest BCUT2D eigenvalue weighted by Gasteiger charge is 2.15. The van der Waals surface area contributed by atoms with Crippen molar-refractivity contribution in [1.82, 2.24) is 4.98 Å². The van der Waals surface area contributed by atoms with Crippen molar-refractivity contribution in [3.05, 3.63) is 64.0 Å². The topological polar surface area (TPSA) is 106 Å². The Hall–Kier alpha value is -3.85. The molecule has 2 aromatic heterocycles. The number of esters is 1. The van der Waals surface area contributed by atoms with E-state index in [2.05, 4.69) is 15.5 Å². The van der Waals surface area contributed by atoms with Crippen LogP contribution in [0.3, 0.4) is 0 Å². The molecule has 32 heavy (non-hydrogen) atoms. The van der Waals surface area contributed by atoms with Gasteiger partial charge in [-0.05, 0) is 49.7 Å². The number of carbonyl (C=O) groups excluding carboxylic acids is 1. The summed E-state index contributed by atoms with van der Waals surface area (Å²) in [4.78, 5) is 16.6. The van der Waals surface area contributed by atoms with Crippen molar-refractivity contribution in [2.45, 2.75) is 13.8 Å². The van der Waals surface area contributed by atoms with E-state index in [1.54, 1.807) is 31.2 Å². The molecule has 0 saturated heterocycles. The average molecular weight is 452 g/mol. The molecule has 0 atom stereocenters. The van der Waals surface area contributed by atoms with Gasteiger partial charge in [-0.25, -0.2) is 9.78 Å². The lowest BCUT2D eigenvalue weighted by molar-refractivity contribution is 0.0605. The molecule has 164 valence electrons. The highest BCUT2D eigenvalue weighted by atomic mass is 32.1. The minimum absolute atomic E-state index is 0.0417. The molecule has 0 unspecified atom stereocenters. The van der Waals surface area contributed by atoms with Crippen LogP contribution >= 0.6 is 11.3 Å². The molecule has 0 fully saturated rings. The quantitative estimate of drug-likeness (QED) is 0.337. The highest BCUT2D eigenvalue weighted by molar-refractivity contribution is 7.17. The summed E-state index contributed by atoms with van der Waals surface area (Å²) in [6.07, 6.45) is 0. The number of fused-ring (bicyclic) bond motifs is 1. The third-order valence-electron chi connectivity index (χ3n) is 4.80. The molecule has 9 heteroatoms. The Bertz CT molecular complexity index is 1390. The van der Waals surface area contributed by atoms with E-state index in [0.717, 1.165) is 16.5 Å². The summed E-state index contributed by atoms with van der Waals surface area (Å²) < 4.78 is 16.1. The number of carbonyl (C=O) groups is 1. The summed E-state index contributed by atoms with van der Waals surface area (Å²) in [5.74, 6) is 0.496. The first-order chi connectivity index (χ1) is 15.4. The minimum atomic E-state index is -0.434. The van der Waals surface area contributed by atoms with E-state index in [1.165, 1.54) is 25.6 Å². The van der Waals surface area contributed by atoms with Crippen LogP contribution in [0.4, 0.5) is 5.13 Å². The zero-order valence-electron chi connectivity index (χ0n) is 17.9. The summed E-state index contributed by atoms with van der Waals surface area (Å²) in [5.41, 5.74) is 5.92. The number of hydrogen-bond donors (Lipinski definition) is 2. The molecule has 8 nitrogen and oxygen atoms in total. The molecule has 4 rings (SSSR count). The van der Waals surface area contributed by atoms with Gasteiger partial charge in [0.15, 0.2) is 11.5 Å². The van der Waals surface area contributed by atoms with Crippen molar-refractivity contribution < 1.29 is 23.8 Å². The molecule has 0 amide bonds. The first-order valence-corrected chi connectivity index (χ1v) is 10.5. The number of thiazole rings is 1. The molecule has 0 aliphatic carbocycles. The molecule has 0 aliphatic heterocycles. The molecule has 0 aliphatic rings. The SMILES string of the molecule is COC(=O)c1sc(N/N=c2\cc(-c3ccc(O)c(OC)c3)oc3cc(C)ccc23)nc1C. The number of nitrogens with zero attached hydrogens (tertiary/aromatic N) is 2. The van der Waals surface area contributed by atoms with Gasteiger partial charge in [0, 0.05) is 17.0 Å². The summed E-state index contributed by atoms with van der Waals surface area (Å²) >= 11 is 1.17. The van der Waals surface area contributed by atoms with Crippen molar-refractivity contribution in [1.29, 1.82) is 0 Å². The zero-order chi connectivity index (χ0) is 22.8. The zero-order valence-corrected chi connectivity index (χ0v) is 18.7. The first-order valence-electron chi connectivity index (χ1n) is 9.67. The second-order valence-corrected chi connectivity index (χ2v) is 8.03. The molecule has 2 heterocycles. The van der Waals surface area contributed by atoms with Crippen LogP contribution in [0.5, 0.6) is 11.5 Å². The Morgan fingerprint density at radius 1 is 1.16 bits per heavy atom. The van der Waals surface area contributed by atoms with E-state index in [1.807, 2.05) is 25.1 Å². The number of hydrogen-bond acceptors (Lipinski definition) is 9. The van der Waals surface area contributed by atoms with E-state index in [-0.39, 0.29) is 5.75 Å². The summed E-state index contributed by atoms with van der Waals surface area (Å²) in [6, 6.07) is 12.6. The van der Waals surface area contributed by atoms with Crippen molar-refractivity contribution in [3.63, 3.8) is 0 Å². The Balaban J connectivity index is 1.82. The molecular formula is C23H21N3O5S. The third-order valence-corrected chi connectivity index (χ3v) is 5.85. The Morgan fingerprint density at radius 2 is 1.97 bits per heavy atom. The predicted octanol–water partition coefficient (Wildman–Crippen LogP) is 4.60. The van der Waals surface area contributed by atoms with Crippen molar-refractivity contribution >= 4 is 33.4 Å². The highest BCUT2D eigenvalue weighted by Crippen LogP contribution is 2.32. The molecule has 4 aromatic rings. The van der Waals surface area contributed by atoms with Gasteiger partial charge in [0.05, 0.1) is 25.3 Å².